The summed E-state index contributed by atoms with van der Waals surface area (Å²) in [6.07, 6.45) is 47.0. The molecule has 0 aliphatic carbocycles. The number of amides is 1. The van der Waals surface area contributed by atoms with Gasteiger partial charge in [-0.3, -0.25) is 4.79 Å². The van der Waals surface area contributed by atoms with Gasteiger partial charge in [0, 0.05) is 6.42 Å². The molecular weight excluding hydrogens is 462 g/mol. The molecule has 2 heteroatoms. The van der Waals surface area contributed by atoms with Crippen molar-refractivity contribution in [1.29, 1.82) is 0 Å². The quantitative estimate of drug-likeness (QED) is 0.0699. The Bertz CT molecular complexity index is 509. The van der Waals surface area contributed by atoms with Gasteiger partial charge in [-0.25, -0.2) is 0 Å². The van der Waals surface area contributed by atoms with Gasteiger partial charge in [-0.2, -0.15) is 0 Å². The highest BCUT2D eigenvalue weighted by atomic mass is 16.1. The minimum atomic E-state index is 0.180. The van der Waals surface area contributed by atoms with E-state index in [0.717, 1.165) is 12.8 Å². The van der Waals surface area contributed by atoms with Gasteiger partial charge in [0.2, 0.25) is 5.91 Å². The minimum Gasteiger partial charge on any atom is -0.333 e. The monoisotopic (exact) mass is 532 g/mol. The van der Waals surface area contributed by atoms with Crippen LogP contribution in [0.1, 0.15) is 200 Å². The zero-order valence-corrected chi connectivity index (χ0v) is 26.2. The second-order valence-corrected chi connectivity index (χ2v) is 11.7. The normalized spacial score (nSPS) is 11.7. The van der Waals surface area contributed by atoms with Gasteiger partial charge in [0.1, 0.15) is 0 Å². The molecule has 38 heavy (non-hydrogen) atoms. The largest absolute Gasteiger partial charge is 0.333 e. The van der Waals surface area contributed by atoms with Crippen molar-refractivity contribution in [1.82, 2.24) is 5.32 Å². The van der Waals surface area contributed by atoms with Gasteiger partial charge in [-0.05, 0) is 51.1 Å². The lowest BCUT2D eigenvalue weighted by Gasteiger charge is -2.03. The Morgan fingerprint density at radius 1 is 0.421 bits per heavy atom. The smallest absolute Gasteiger partial charge is 0.223 e. The van der Waals surface area contributed by atoms with Gasteiger partial charge in [-0.1, -0.05) is 167 Å². The fraction of sp³-hybridized carbons (Fsp3) is 0.861. The Kier molecular flexibility index (Phi) is 33.0. The lowest BCUT2D eigenvalue weighted by atomic mass is 10.0. The van der Waals surface area contributed by atoms with Crippen molar-refractivity contribution in [3.05, 3.63) is 24.4 Å². The average molecular weight is 532 g/mol. The van der Waals surface area contributed by atoms with E-state index >= 15 is 0 Å². The van der Waals surface area contributed by atoms with Crippen LogP contribution in [-0.2, 0) is 4.79 Å². The maximum absolute atomic E-state index is 12.0. The zero-order chi connectivity index (χ0) is 27.6. The van der Waals surface area contributed by atoms with E-state index in [4.69, 9.17) is 0 Å². The van der Waals surface area contributed by atoms with E-state index in [1.54, 1.807) is 0 Å². The Labute approximate surface area is 240 Å². The summed E-state index contributed by atoms with van der Waals surface area (Å²) in [5.41, 5.74) is 0. The van der Waals surface area contributed by atoms with Crippen LogP contribution in [0.5, 0.6) is 0 Å². The molecular formula is C36H69NO. The van der Waals surface area contributed by atoms with Crippen molar-refractivity contribution in [2.24, 2.45) is 0 Å². The molecule has 0 spiro atoms. The van der Waals surface area contributed by atoms with Crippen LogP contribution in [-0.4, -0.2) is 5.91 Å². The number of carbonyl (C=O) groups is 1. The highest BCUT2D eigenvalue weighted by Gasteiger charge is 1.98. The molecule has 0 unspecified atom stereocenters. The summed E-state index contributed by atoms with van der Waals surface area (Å²) in [5.74, 6) is 0.180. The SMILES string of the molecule is CCCCCCCC/C=C\CCCCCCCC(=O)NC=CCCCCCCCCCCCCCCCC. The molecule has 1 N–H and O–H groups in total. The van der Waals surface area contributed by atoms with Crippen LogP contribution in [0.15, 0.2) is 24.4 Å². The molecule has 0 fully saturated rings. The van der Waals surface area contributed by atoms with Gasteiger partial charge in [0.15, 0.2) is 0 Å². The fourth-order valence-electron chi connectivity index (χ4n) is 5.12. The highest BCUT2D eigenvalue weighted by molar-refractivity contribution is 5.76. The fourth-order valence-corrected chi connectivity index (χ4v) is 5.12. The summed E-state index contributed by atoms with van der Waals surface area (Å²) < 4.78 is 0. The molecule has 0 rings (SSSR count). The second kappa shape index (κ2) is 34.0. The van der Waals surface area contributed by atoms with E-state index in [-0.39, 0.29) is 5.91 Å². The number of hydrogen-bond donors (Lipinski definition) is 1. The van der Waals surface area contributed by atoms with Crippen molar-refractivity contribution in [2.45, 2.75) is 200 Å². The first-order valence-corrected chi connectivity index (χ1v) is 17.4. The third-order valence-corrected chi connectivity index (χ3v) is 7.75. The first kappa shape index (κ1) is 37.0. The summed E-state index contributed by atoms with van der Waals surface area (Å²) in [5, 5.41) is 2.95. The van der Waals surface area contributed by atoms with Crippen LogP contribution in [0.3, 0.4) is 0 Å². The van der Waals surface area contributed by atoms with Crippen molar-refractivity contribution in [2.75, 3.05) is 0 Å². The molecule has 1 amide bonds. The Morgan fingerprint density at radius 3 is 1.13 bits per heavy atom. The lowest BCUT2D eigenvalue weighted by molar-refractivity contribution is -0.120. The Hall–Kier alpha value is -1.05. The molecule has 0 aromatic carbocycles. The Balaban J connectivity index is 3.26. The molecule has 0 atom stereocenters. The van der Waals surface area contributed by atoms with E-state index < -0.39 is 0 Å². The van der Waals surface area contributed by atoms with E-state index in [9.17, 15) is 4.79 Å². The topological polar surface area (TPSA) is 29.1 Å². The maximum Gasteiger partial charge on any atom is 0.223 e. The molecule has 0 aromatic heterocycles. The van der Waals surface area contributed by atoms with Gasteiger partial charge in [0.25, 0.3) is 0 Å². The predicted molar refractivity (Wildman–Crippen MR) is 172 cm³/mol. The van der Waals surface area contributed by atoms with E-state index in [0.29, 0.717) is 6.42 Å². The van der Waals surface area contributed by atoms with Crippen molar-refractivity contribution in [3.8, 4) is 0 Å². The number of unbranched alkanes of at least 4 members (excludes halogenated alkanes) is 25. The van der Waals surface area contributed by atoms with Crippen molar-refractivity contribution >= 4 is 5.91 Å². The van der Waals surface area contributed by atoms with Crippen LogP contribution in [0, 0.1) is 0 Å². The summed E-state index contributed by atoms with van der Waals surface area (Å²) in [7, 11) is 0. The molecule has 0 saturated carbocycles. The summed E-state index contributed by atoms with van der Waals surface area (Å²) >= 11 is 0. The van der Waals surface area contributed by atoms with Gasteiger partial charge >= 0.3 is 0 Å². The van der Waals surface area contributed by atoms with Crippen LogP contribution in [0.4, 0.5) is 0 Å². The summed E-state index contributed by atoms with van der Waals surface area (Å²) in [6.45, 7) is 4.57. The third kappa shape index (κ3) is 33.0. The van der Waals surface area contributed by atoms with E-state index in [1.165, 1.54) is 167 Å². The first-order chi connectivity index (χ1) is 18.8. The van der Waals surface area contributed by atoms with Crippen LogP contribution < -0.4 is 5.32 Å². The summed E-state index contributed by atoms with van der Waals surface area (Å²) in [4.78, 5) is 12.0. The maximum atomic E-state index is 12.0. The minimum absolute atomic E-state index is 0.180. The van der Waals surface area contributed by atoms with Crippen LogP contribution >= 0.6 is 0 Å². The molecule has 0 bridgehead atoms. The third-order valence-electron chi connectivity index (χ3n) is 7.75. The van der Waals surface area contributed by atoms with Crippen molar-refractivity contribution in [3.63, 3.8) is 0 Å². The predicted octanol–water partition coefficient (Wildman–Crippen LogP) is 12.5. The molecule has 0 aliphatic heterocycles. The Morgan fingerprint density at radius 2 is 0.737 bits per heavy atom. The highest BCUT2D eigenvalue weighted by Crippen LogP contribution is 2.14. The van der Waals surface area contributed by atoms with Gasteiger partial charge in [0.05, 0.1) is 0 Å². The molecule has 0 saturated heterocycles. The molecule has 0 radical (unpaired) electrons. The van der Waals surface area contributed by atoms with E-state index in [2.05, 4.69) is 37.4 Å². The van der Waals surface area contributed by atoms with Crippen LogP contribution in [0.2, 0.25) is 0 Å². The molecule has 0 aliphatic rings. The number of allylic oxidation sites excluding steroid dienone is 3. The lowest BCUT2D eigenvalue weighted by Crippen LogP contribution is -2.16. The summed E-state index contributed by atoms with van der Waals surface area (Å²) in [6, 6.07) is 0. The second-order valence-electron chi connectivity index (χ2n) is 11.7. The number of rotatable bonds is 31. The molecule has 0 aromatic rings. The van der Waals surface area contributed by atoms with Gasteiger partial charge in [-0.15, -0.1) is 0 Å². The first-order valence-electron chi connectivity index (χ1n) is 17.4. The standard InChI is InChI=1S/C36H69NO/c1-3-5-7-9-11-13-15-17-19-21-23-25-27-29-31-33-35-37-36(38)34-32-30-28-26-24-22-20-18-16-14-12-10-8-6-4-2/h18,20,33,35H,3-17,19,21-32,34H2,1-2H3,(H,37,38)/b20-18-,35-33?. The zero-order valence-electron chi connectivity index (χ0n) is 26.2. The number of hydrogen-bond acceptors (Lipinski definition) is 1. The molecule has 224 valence electrons. The van der Waals surface area contributed by atoms with Crippen LogP contribution in [0.25, 0.3) is 0 Å². The number of carbonyl (C=O) groups excluding carboxylic acids is 1. The molecule has 0 heterocycles. The van der Waals surface area contributed by atoms with Gasteiger partial charge < -0.3 is 5.32 Å². The molecule has 2 nitrogen and oxygen atoms in total. The average Bonchev–Trinajstić information content (AvgIpc) is 2.92. The number of nitrogens with one attached hydrogen (secondary N) is 1. The van der Waals surface area contributed by atoms with E-state index in [1.807, 2.05) is 6.20 Å². The van der Waals surface area contributed by atoms with Crippen molar-refractivity contribution < 1.29 is 4.79 Å².